The molecule has 7 heteroatoms. The van der Waals surface area contributed by atoms with Crippen LogP contribution in [0.5, 0.6) is 0 Å². The van der Waals surface area contributed by atoms with Gasteiger partial charge < -0.3 is 16.0 Å². The minimum absolute atomic E-state index is 0.0542. The number of piperidine rings is 1. The van der Waals surface area contributed by atoms with Gasteiger partial charge in [-0.15, -0.1) is 0 Å². The van der Waals surface area contributed by atoms with E-state index in [4.69, 9.17) is 5.73 Å². The first-order chi connectivity index (χ1) is 13.2. The first-order valence-corrected chi connectivity index (χ1v) is 10.1. The Morgan fingerprint density at radius 3 is 2.67 bits per heavy atom. The monoisotopic (exact) mass is 366 g/mol. The second-order valence-electron chi connectivity index (χ2n) is 7.93. The van der Waals surface area contributed by atoms with Crippen LogP contribution in [0.4, 0.5) is 5.82 Å². The average molecular weight is 366 g/mol. The van der Waals surface area contributed by atoms with Crippen molar-refractivity contribution in [3.63, 3.8) is 0 Å². The quantitative estimate of drug-likeness (QED) is 0.867. The van der Waals surface area contributed by atoms with Crippen molar-refractivity contribution in [1.29, 1.82) is 0 Å². The number of nitrogens with zero attached hydrogens (tertiary/aromatic N) is 4. The standard InChI is InChI=1S/C20H26N6O/c21-19-18-16(6-9-25(20(18)27)14-2-1-3-14)17(11-23-19)13-10-24-26(12-13)15-4-7-22-8-5-15/h10-12,14-15,22H,1-9H2,(H2,21,23). The third-order valence-electron chi connectivity index (χ3n) is 6.40. The summed E-state index contributed by atoms with van der Waals surface area (Å²) in [7, 11) is 0. The Bertz CT molecular complexity index is 865. The summed E-state index contributed by atoms with van der Waals surface area (Å²) in [6, 6.07) is 0.824. The molecule has 2 aliphatic heterocycles. The maximum Gasteiger partial charge on any atom is 0.258 e. The summed E-state index contributed by atoms with van der Waals surface area (Å²) in [5.41, 5.74) is 9.81. The zero-order valence-electron chi connectivity index (χ0n) is 15.5. The number of nitrogen functional groups attached to an aromatic ring is 1. The van der Waals surface area contributed by atoms with Crippen LogP contribution in [0.3, 0.4) is 0 Å². The summed E-state index contributed by atoms with van der Waals surface area (Å²) < 4.78 is 2.07. The van der Waals surface area contributed by atoms with Gasteiger partial charge in [-0.1, -0.05) is 0 Å². The fourth-order valence-corrected chi connectivity index (χ4v) is 4.59. The minimum atomic E-state index is 0.0542. The van der Waals surface area contributed by atoms with Gasteiger partial charge >= 0.3 is 0 Å². The van der Waals surface area contributed by atoms with Gasteiger partial charge in [-0.3, -0.25) is 9.48 Å². The Hall–Kier alpha value is -2.41. The summed E-state index contributed by atoms with van der Waals surface area (Å²) in [5.74, 6) is 0.409. The first kappa shape index (κ1) is 16.7. The van der Waals surface area contributed by atoms with Gasteiger partial charge in [0.25, 0.3) is 5.91 Å². The number of aromatic nitrogens is 3. The number of fused-ring (bicyclic) bond motifs is 1. The van der Waals surface area contributed by atoms with E-state index in [1.54, 1.807) is 0 Å². The Labute approximate surface area is 158 Å². The average Bonchev–Trinajstić information content (AvgIpc) is 3.13. The fraction of sp³-hybridized carbons (Fsp3) is 0.550. The zero-order valence-corrected chi connectivity index (χ0v) is 15.5. The molecule has 4 heterocycles. The number of nitrogens with one attached hydrogen (secondary N) is 1. The summed E-state index contributed by atoms with van der Waals surface area (Å²) in [6.45, 7) is 2.84. The molecule has 2 aromatic heterocycles. The van der Waals surface area contributed by atoms with Crippen LogP contribution in [0, 0.1) is 0 Å². The molecule has 27 heavy (non-hydrogen) atoms. The number of nitrogens with two attached hydrogens (primary N) is 1. The van der Waals surface area contributed by atoms with Crippen LogP contribution >= 0.6 is 0 Å². The Morgan fingerprint density at radius 2 is 1.93 bits per heavy atom. The van der Waals surface area contributed by atoms with Crippen molar-refractivity contribution in [2.45, 2.75) is 50.6 Å². The van der Waals surface area contributed by atoms with Gasteiger partial charge in [0.15, 0.2) is 0 Å². The molecule has 0 unspecified atom stereocenters. The largest absolute Gasteiger partial charge is 0.383 e. The molecule has 2 aromatic rings. The SMILES string of the molecule is Nc1ncc(-c2cnn(C3CCNCC3)c2)c2c1C(=O)N(C1CCC1)CC2. The molecule has 1 amide bonds. The summed E-state index contributed by atoms with van der Waals surface area (Å²) >= 11 is 0. The van der Waals surface area contributed by atoms with Crippen LogP contribution in [0.1, 0.15) is 54.1 Å². The van der Waals surface area contributed by atoms with E-state index in [0.717, 1.165) is 68.4 Å². The van der Waals surface area contributed by atoms with Gasteiger partial charge in [0.05, 0.1) is 17.8 Å². The lowest BCUT2D eigenvalue weighted by Crippen LogP contribution is -2.48. The number of pyridine rings is 1. The van der Waals surface area contributed by atoms with Crippen molar-refractivity contribution in [2.24, 2.45) is 0 Å². The second-order valence-corrected chi connectivity index (χ2v) is 7.93. The molecule has 2 fully saturated rings. The second kappa shape index (κ2) is 6.64. The van der Waals surface area contributed by atoms with Crippen molar-refractivity contribution < 1.29 is 4.79 Å². The molecule has 0 aromatic carbocycles. The van der Waals surface area contributed by atoms with Crippen molar-refractivity contribution in [3.8, 4) is 11.1 Å². The number of carbonyl (C=O) groups excluding carboxylic acids is 1. The lowest BCUT2D eigenvalue weighted by atomic mass is 9.87. The van der Waals surface area contributed by atoms with Gasteiger partial charge in [-0.25, -0.2) is 4.98 Å². The molecule has 1 aliphatic carbocycles. The van der Waals surface area contributed by atoms with Crippen LogP contribution in [-0.4, -0.2) is 51.2 Å². The van der Waals surface area contributed by atoms with E-state index in [1.165, 1.54) is 6.42 Å². The van der Waals surface area contributed by atoms with Gasteiger partial charge in [0.1, 0.15) is 5.82 Å². The molecule has 1 saturated carbocycles. The van der Waals surface area contributed by atoms with Gasteiger partial charge in [-0.2, -0.15) is 5.10 Å². The third kappa shape index (κ3) is 2.81. The molecule has 7 nitrogen and oxygen atoms in total. The maximum atomic E-state index is 13.1. The molecule has 3 N–H and O–H groups in total. The zero-order chi connectivity index (χ0) is 18.4. The van der Waals surface area contributed by atoms with Crippen molar-refractivity contribution in [1.82, 2.24) is 25.0 Å². The number of rotatable bonds is 3. The predicted octanol–water partition coefficient (Wildman–Crippen LogP) is 2.00. The van der Waals surface area contributed by atoms with Crippen molar-refractivity contribution >= 4 is 11.7 Å². The molecule has 0 radical (unpaired) electrons. The van der Waals surface area contributed by atoms with Gasteiger partial charge in [-0.05, 0) is 57.2 Å². The van der Waals surface area contributed by atoms with Crippen molar-refractivity contribution in [3.05, 3.63) is 29.7 Å². The molecule has 0 bridgehead atoms. The number of carbonyl (C=O) groups is 1. The van der Waals surface area contributed by atoms with Crippen LogP contribution in [0.15, 0.2) is 18.6 Å². The Balaban J connectivity index is 1.49. The van der Waals surface area contributed by atoms with E-state index in [0.29, 0.717) is 23.5 Å². The highest BCUT2D eigenvalue weighted by atomic mass is 16.2. The van der Waals surface area contributed by atoms with Crippen LogP contribution in [-0.2, 0) is 6.42 Å². The van der Waals surface area contributed by atoms with E-state index in [2.05, 4.69) is 26.3 Å². The number of amides is 1. The number of hydrogen-bond acceptors (Lipinski definition) is 5. The Morgan fingerprint density at radius 1 is 1.11 bits per heavy atom. The van der Waals surface area contributed by atoms with Crippen LogP contribution < -0.4 is 11.1 Å². The Kier molecular flexibility index (Phi) is 4.11. The fourth-order valence-electron chi connectivity index (χ4n) is 4.59. The minimum Gasteiger partial charge on any atom is -0.383 e. The van der Waals surface area contributed by atoms with E-state index in [1.807, 2.05) is 17.3 Å². The van der Waals surface area contributed by atoms with Crippen LogP contribution in [0.25, 0.3) is 11.1 Å². The maximum absolute atomic E-state index is 13.1. The molecular formula is C20H26N6O. The molecule has 1 saturated heterocycles. The summed E-state index contributed by atoms with van der Waals surface area (Å²) in [5, 5.41) is 8.00. The molecule has 3 aliphatic rings. The van der Waals surface area contributed by atoms with Crippen LogP contribution in [0.2, 0.25) is 0 Å². The van der Waals surface area contributed by atoms with E-state index >= 15 is 0 Å². The molecular weight excluding hydrogens is 340 g/mol. The van der Waals surface area contributed by atoms with E-state index < -0.39 is 0 Å². The molecule has 0 spiro atoms. The molecule has 142 valence electrons. The normalized spacial score (nSPS) is 21.2. The van der Waals surface area contributed by atoms with Gasteiger partial charge in [0, 0.05) is 36.1 Å². The number of hydrogen-bond donors (Lipinski definition) is 2. The highest BCUT2D eigenvalue weighted by Crippen LogP contribution is 2.36. The lowest BCUT2D eigenvalue weighted by molar-refractivity contribution is 0.0561. The lowest BCUT2D eigenvalue weighted by Gasteiger charge is -2.40. The topological polar surface area (TPSA) is 89.1 Å². The predicted molar refractivity (Wildman–Crippen MR) is 103 cm³/mol. The smallest absolute Gasteiger partial charge is 0.258 e. The summed E-state index contributed by atoms with van der Waals surface area (Å²) in [4.78, 5) is 19.5. The highest BCUT2D eigenvalue weighted by molar-refractivity contribution is 6.02. The molecule has 5 rings (SSSR count). The summed E-state index contributed by atoms with van der Waals surface area (Å²) in [6.07, 6.45) is 12.3. The molecule has 0 atom stereocenters. The third-order valence-corrected chi connectivity index (χ3v) is 6.40. The van der Waals surface area contributed by atoms with Gasteiger partial charge in [0.2, 0.25) is 0 Å². The van der Waals surface area contributed by atoms with E-state index in [-0.39, 0.29) is 5.91 Å². The van der Waals surface area contributed by atoms with E-state index in [9.17, 15) is 4.79 Å². The highest BCUT2D eigenvalue weighted by Gasteiger charge is 2.35. The first-order valence-electron chi connectivity index (χ1n) is 10.1. The number of anilines is 1. The van der Waals surface area contributed by atoms with Crippen molar-refractivity contribution in [2.75, 3.05) is 25.4 Å².